The fourth-order valence-corrected chi connectivity index (χ4v) is 3.66. The fraction of sp³-hybridized carbons (Fsp3) is 0.474. The number of H-pyrrole nitrogens is 1. The van der Waals surface area contributed by atoms with E-state index in [4.69, 9.17) is 0 Å². The highest BCUT2D eigenvalue weighted by Crippen LogP contribution is 2.36. The maximum atomic E-state index is 9.18. The molecule has 0 amide bonds. The molecule has 6 heteroatoms. The zero-order valence-electron chi connectivity index (χ0n) is 14.8. The van der Waals surface area contributed by atoms with Crippen LogP contribution in [0.2, 0.25) is 0 Å². The van der Waals surface area contributed by atoms with E-state index in [1.807, 2.05) is 43.2 Å². The van der Waals surface area contributed by atoms with Gasteiger partial charge >= 0.3 is 0 Å². The van der Waals surface area contributed by atoms with Crippen LogP contribution in [0.5, 0.6) is 0 Å². The molecule has 0 bridgehead atoms. The predicted octanol–water partition coefficient (Wildman–Crippen LogP) is 4.49. The Morgan fingerprint density at radius 1 is 1.32 bits per heavy atom. The third-order valence-electron chi connectivity index (χ3n) is 4.81. The molecule has 130 valence electrons. The first kappa shape index (κ1) is 17.2. The molecule has 0 aromatic carbocycles. The van der Waals surface area contributed by atoms with Crippen molar-refractivity contribution in [1.29, 1.82) is 5.26 Å². The first-order chi connectivity index (χ1) is 12.4. The first-order valence-electron chi connectivity index (χ1n) is 9.06. The van der Waals surface area contributed by atoms with Crippen LogP contribution < -0.4 is 0 Å². The molecule has 1 N–H and O–H groups in total. The summed E-state index contributed by atoms with van der Waals surface area (Å²) in [4.78, 5) is 11.7. The van der Waals surface area contributed by atoms with E-state index in [0.29, 0.717) is 12.3 Å². The summed E-state index contributed by atoms with van der Waals surface area (Å²) in [5.74, 6) is 0.556. The molecule has 4 rings (SSSR count). The Morgan fingerprint density at radius 2 is 2.12 bits per heavy atom. The van der Waals surface area contributed by atoms with Crippen LogP contribution in [-0.4, -0.2) is 24.7 Å². The number of nitrogens with zero attached hydrogens (tertiary/aromatic N) is 5. The number of aromatic nitrogens is 5. The van der Waals surface area contributed by atoms with E-state index in [1.54, 1.807) is 6.33 Å². The average Bonchev–Trinajstić information content (AvgIpc) is 3.42. The summed E-state index contributed by atoms with van der Waals surface area (Å²) in [6.45, 7) is 4.00. The average molecular weight is 336 g/mol. The van der Waals surface area contributed by atoms with Gasteiger partial charge in [0.25, 0.3) is 0 Å². The third-order valence-corrected chi connectivity index (χ3v) is 4.81. The summed E-state index contributed by atoms with van der Waals surface area (Å²) in [6, 6.07) is 4.47. The van der Waals surface area contributed by atoms with Crippen molar-refractivity contribution in [3.8, 4) is 17.3 Å². The molecule has 1 atom stereocenters. The quantitative estimate of drug-likeness (QED) is 0.760. The van der Waals surface area contributed by atoms with Gasteiger partial charge in [0.2, 0.25) is 0 Å². The number of rotatable bonds is 4. The van der Waals surface area contributed by atoms with Gasteiger partial charge in [-0.3, -0.25) is 4.68 Å². The Morgan fingerprint density at radius 3 is 2.88 bits per heavy atom. The van der Waals surface area contributed by atoms with Crippen molar-refractivity contribution in [1.82, 2.24) is 24.7 Å². The predicted molar refractivity (Wildman–Crippen MR) is 97.7 cm³/mol. The van der Waals surface area contributed by atoms with Crippen LogP contribution in [0, 0.1) is 17.2 Å². The molecule has 3 aromatic rings. The lowest BCUT2D eigenvalue weighted by atomic mass is 9.96. The van der Waals surface area contributed by atoms with Gasteiger partial charge in [0.05, 0.1) is 30.4 Å². The minimum Gasteiger partial charge on any atom is -0.346 e. The molecule has 1 aliphatic carbocycles. The van der Waals surface area contributed by atoms with Crippen LogP contribution in [0.3, 0.4) is 0 Å². The van der Waals surface area contributed by atoms with Crippen LogP contribution in [0.1, 0.15) is 52.0 Å². The summed E-state index contributed by atoms with van der Waals surface area (Å²) in [7, 11) is 0. The van der Waals surface area contributed by atoms with Crippen molar-refractivity contribution in [3.63, 3.8) is 0 Å². The molecule has 3 aromatic heterocycles. The molecule has 6 nitrogen and oxygen atoms in total. The minimum absolute atomic E-state index is 0.166. The van der Waals surface area contributed by atoms with E-state index in [2.05, 4.69) is 26.1 Å². The lowest BCUT2D eigenvalue weighted by Crippen LogP contribution is -2.17. The van der Waals surface area contributed by atoms with Gasteiger partial charge in [-0.15, -0.1) is 0 Å². The van der Waals surface area contributed by atoms with Crippen molar-refractivity contribution >= 4 is 11.0 Å². The van der Waals surface area contributed by atoms with E-state index in [0.717, 1.165) is 22.3 Å². The van der Waals surface area contributed by atoms with Gasteiger partial charge in [0, 0.05) is 23.3 Å². The van der Waals surface area contributed by atoms with Crippen LogP contribution in [-0.2, 0) is 0 Å². The summed E-state index contributed by atoms with van der Waals surface area (Å²) >= 11 is 0. The molecule has 0 saturated heterocycles. The van der Waals surface area contributed by atoms with Gasteiger partial charge in [-0.25, -0.2) is 9.97 Å². The Bertz CT molecular complexity index is 850. The molecule has 0 radical (unpaired) electrons. The van der Waals surface area contributed by atoms with Gasteiger partial charge in [0.1, 0.15) is 12.0 Å². The van der Waals surface area contributed by atoms with Gasteiger partial charge < -0.3 is 4.98 Å². The molecule has 0 spiro atoms. The second-order valence-electron chi connectivity index (χ2n) is 6.15. The van der Waals surface area contributed by atoms with Crippen LogP contribution in [0.25, 0.3) is 22.3 Å². The third kappa shape index (κ3) is 3.41. The van der Waals surface area contributed by atoms with Gasteiger partial charge in [-0.1, -0.05) is 26.7 Å². The smallest absolute Gasteiger partial charge is 0.141 e. The number of hydrogen-bond acceptors (Lipinski definition) is 4. The number of fused-ring (bicyclic) bond motifs is 1. The topological polar surface area (TPSA) is 83.2 Å². The normalized spacial score (nSPS) is 15.6. The summed E-state index contributed by atoms with van der Waals surface area (Å²) < 4.78 is 1.97. The first-order valence-corrected chi connectivity index (χ1v) is 9.06. The maximum Gasteiger partial charge on any atom is 0.141 e. The van der Waals surface area contributed by atoms with E-state index < -0.39 is 0 Å². The zero-order chi connectivity index (χ0) is 17.6. The van der Waals surface area contributed by atoms with Crippen molar-refractivity contribution in [2.24, 2.45) is 5.92 Å². The molecule has 1 fully saturated rings. The highest BCUT2D eigenvalue weighted by molar-refractivity contribution is 5.89. The molecular formula is C19H24N6. The van der Waals surface area contributed by atoms with Crippen LogP contribution in [0.4, 0.5) is 0 Å². The SMILES string of the molecule is CC.N#CCC(C1CCCC1)n1cc(-c2ncnc3[nH]ccc23)cn1. The Balaban J connectivity index is 0.000000880. The van der Waals surface area contributed by atoms with E-state index in [1.165, 1.54) is 25.7 Å². The van der Waals surface area contributed by atoms with Crippen LogP contribution >= 0.6 is 0 Å². The monoisotopic (exact) mass is 336 g/mol. The molecule has 1 aliphatic rings. The Hall–Kier alpha value is -2.68. The standard InChI is InChI=1S/C17H18N6.C2H6/c18-7-5-15(12-3-1-2-4-12)23-10-13(9-22-23)16-14-6-8-19-17(14)21-11-20-16;1-2/h6,8-12,15H,1-5H2,(H,19,20,21);1-2H3. The zero-order valence-corrected chi connectivity index (χ0v) is 14.8. The highest BCUT2D eigenvalue weighted by atomic mass is 15.3. The lowest BCUT2D eigenvalue weighted by Gasteiger charge is -2.21. The molecule has 1 unspecified atom stereocenters. The second kappa shape index (κ2) is 7.93. The summed E-state index contributed by atoms with van der Waals surface area (Å²) in [6.07, 6.45) is 12.7. The molecule has 0 aliphatic heterocycles. The molecular weight excluding hydrogens is 312 g/mol. The molecule has 3 heterocycles. The van der Waals surface area contributed by atoms with Gasteiger partial charge in [-0.2, -0.15) is 10.4 Å². The van der Waals surface area contributed by atoms with E-state index >= 15 is 0 Å². The minimum atomic E-state index is 0.166. The van der Waals surface area contributed by atoms with Crippen molar-refractivity contribution in [2.45, 2.75) is 52.0 Å². The highest BCUT2D eigenvalue weighted by Gasteiger charge is 2.27. The second-order valence-corrected chi connectivity index (χ2v) is 6.15. The Kier molecular flexibility index (Phi) is 5.44. The number of aromatic amines is 1. The van der Waals surface area contributed by atoms with Crippen molar-refractivity contribution in [2.75, 3.05) is 0 Å². The summed E-state index contributed by atoms with van der Waals surface area (Å²) in [5, 5.41) is 14.7. The van der Waals surface area contributed by atoms with Gasteiger partial charge in [-0.05, 0) is 24.8 Å². The van der Waals surface area contributed by atoms with Crippen molar-refractivity contribution < 1.29 is 0 Å². The lowest BCUT2D eigenvalue weighted by molar-refractivity contribution is 0.315. The number of hydrogen-bond donors (Lipinski definition) is 1. The van der Waals surface area contributed by atoms with E-state index in [9.17, 15) is 5.26 Å². The van der Waals surface area contributed by atoms with Crippen molar-refractivity contribution in [3.05, 3.63) is 31.0 Å². The summed E-state index contributed by atoms with van der Waals surface area (Å²) in [5.41, 5.74) is 2.68. The van der Waals surface area contributed by atoms with Gasteiger partial charge in [0.15, 0.2) is 0 Å². The number of nitriles is 1. The fourth-order valence-electron chi connectivity index (χ4n) is 3.66. The van der Waals surface area contributed by atoms with Crippen LogP contribution in [0.15, 0.2) is 31.0 Å². The molecule has 1 saturated carbocycles. The maximum absolute atomic E-state index is 9.18. The molecule has 25 heavy (non-hydrogen) atoms. The largest absolute Gasteiger partial charge is 0.346 e. The Labute approximate surface area is 147 Å². The van der Waals surface area contributed by atoms with E-state index in [-0.39, 0.29) is 6.04 Å². The number of nitrogens with one attached hydrogen (secondary N) is 1.